The predicted octanol–water partition coefficient (Wildman–Crippen LogP) is 1.79. The summed E-state index contributed by atoms with van der Waals surface area (Å²) in [7, 11) is 0. The van der Waals surface area contributed by atoms with Crippen LogP contribution >= 0.6 is 0 Å². The van der Waals surface area contributed by atoms with E-state index >= 15 is 0 Å². The molecule has 108 valence electrons. The van der Waals surface area contributed by atoms with Crippen molar-refractivity contribution in [2.24, 2.45) is 11.1 Å². The van der Waals surface area contributed by atoms with Gasteiger partial charge in [0.25, 0.3) is 0 Å². The number of amides is 2. The van der Waals surface area contributed by atoms with Gasteiger partial charge in [-0.2, -0.15) is 0 Å². The zero-order valence-electron chi connectivity index (χ0n) is 10.2. The maximum Gasteiger partial charge on any atom is 0.573 e. The Balaban J connectivity index is 2.01. The van der Waals surface area contributed by atoms with Gasteiger partial charge in [0.15, 0.2) is 0 Å². The Labute approximate surface area is 111 Å². The standard InChI is InChI=1S/C12H11F3N2O3/c13-12(14,15)20-8-3-1-7(2-4-8)17-10(19)11(5-6-11)9(16)18/h1-4H,5-6H2,(H2,16,18)(H,17,19). The molecule has 0 aliphatic heterocycles. The molecule has 1 aromatic rings. The van der Waals surface area contributed by atoms with Crippen molar-refractivity contribution in [3.63, 3.8) is 0 Å². The van der Waals surface area contributed by atoms with E-state index in [9.17, 15) is 22.8 Å². The third-order valence-corrected chi connectivity index (χ3v) is 3.00. The molecule has 1 aromatic carbocycles. The van der Waals surface area contributed by atoms with Gasteiger partial charge in [-0.1, -0.05) is 0 Å². The van der Waals surface area contributed by atoms with Gasteiger partial charge < -0.3 is 15.8 Å². The fraction of sp³-hybridized carbons (Fsp3) is 0.333. The molecular weight excluding hydrogens is 277 g/mol. The van der Waals surface area contributed by atoms with E-state index in [0.29, 0.717) is 12.8 Å². The molecule has 0 saturated heterocycles. The van der Waals surface area contributed by atoms with Crippen LogP contribution in [0, 0.1) is 5.41 Å². The van der Waals surface area contributed by atoms with Crippen LogP contribution in [0.2, 0.25) is 0 Å². The van der Waals surface area contributed by atoms with Crippen LogP contribution in [0.5, 0.6) is 5.75 Å². The van der Waals surface area contributed by atoms with E-state index < -0.39 is 29.3 Å². The third kappa shape index (κ3) is 3.01. The van der Waals surface area contributed by atoms with Crippen molar-refractivity contribution >= 4 is 17.5 Å². The number of carbonyl (C=O) groups is 2. The molecule has 0 unspecified atom stereocenters. The SMILES string of the molecule is NC(=O)C1(C(=O)Nc2ccc(OC(F)(F)F)cc2)CC1. The number of rotatable bonds is 4. The Kier molecular flexibility index (Phi) is 3.33. The number of carbonyl (C=O) groups excluding carboxylic acids is 2. The summed E-state index contributed by atoms with van der Waals surface area (Å²) < 4.78 is 39.6. The second kappa shape index (κ2) is 4.69. The molecule has 0 aromatic heterocycles. The van der Waals surface area contributed by atoms with Gasteiger partial charge in [0.05, 0.1) is 0 Å². The summed E-state index contributed by atoms with van der Waals surface area (Å²) in [6.45, 7) is 0. The molecule has 20 heavy (non-hydrogen) atoms. The number of ether oxygens (including phenoxy) is 1. The highest BCUT2D eigenvalue weighted by molar-refractivity contribution is 6.12. The fourth-order valence-electron chi connectivity index (χ4n) is 1.70. The van der Waals surface area contributed by atoms with E-state index in [2.05, 4.69) is 10.1 Å². The quantitative estimate of drug-likeness (QED) is 0.829. The normalized spacial score (nSPS) is 16.4. The van der Waals surface area contributed by atoms with Crippen molar-refractivity contribution in [3.05, 3.63) is 24.3 Å². The van der Waals surface area contributed by atoms with Crippen LogP contribution in [-0.2, 0) is 9.59 Å². The summed E-state index contributed by atoms with van der Waals surface area (Å²) in [5.41, 5.74) is 4.22. The number of primary amides is 1. The minimum atomic E-state index is -4.77. The van der Waals surface area contributed by atoms with Crippen LogP contribution in [0.25, 0.3) is 0 Å². The van der Waals surface area contributed by atoms with E-state index in [4.69, 9.17) is 5.73 Å². The third-order valence-electron chi connectivity index (χ3n) is 3.00. The van der Waals surface area contributed by atoms with Crippen LogP contribution in [-0.4, -0.2) is 18.2 Å². The second-order valence-corrected chi connectivity index (χ2v) is 4.47. The lowest BCUT2D eigenvalue weighted by molar-refractivity contribution is -0.274. The molecule has 0 heterocycles. The van der Waals surface area contributed by atoms with E-state index in [1.807, 2.05) is 0 Å². The zero-order valence-corrected chi connectivity index (χ0v) is 10.2. The average Bonchev–Trinajstić information content (AvgIpc) is 3.11. The Hall–Kier alpha value is -2.25. The van der Waals surface area contributed by atoms with Crippen molar-refractivity contribution in [2.45, 2.75) is 19.2 Å². The lowest BCUT2D eigenvalue weighted by atomic mass is 10.1. The smallest absolute Gasteiger partial charge is 0.406 e. The molecule has 1 fully saturated rings. The first-order valence-electron chi connectivity index (χ1n) is 5.70. The largest absolute Gasteiger partial charge is 0.573 e. The van der Waals surface area contributed by atoms with Crippen LogP contribution in [0.3, 0.4) is 0 Å². The second-order valence-electron chi connectivity index (χ2n) is 4.47. The number of hydrogen-bond donors (Lipinski definition) is 2. The monoisotopic (exact) mass is 288 g/mol. The van der Waals surface area contributed by atoms with Crippen LogP contribution in [0.4, 0.5) is 18.9 Å². The Bertz CT molecular complexity index is 536. The van der Waals surface area contributed by atoms with Crippen LogP contribution < -0.4 is 15.8 Å². The van der Waals surface area contributed by atoms with Gasteiger partial charge in [-0.05, 0) is 37.1 Å². The molecule has 5 nitrogen and oxygen atoms in total. The van der Waals surface area contributed by atoms with Crippen molar-refractivity contribution < 1.29 is 27.5 Å². The number of benzene rings is 1. The lowest BCUT2D eigenvalue weighted by Crippen LogP contribution is -2.36. The van der Waals surface area contributed by atoms with Gasteiger partial charge in [-0.15, -0.1) is 13.2 Å². The summed E-state index contributed by atoms with van der Waals surface area (Å²) in [4.78, 5) is 23.0. The minimum absolute atomic E-state index is 0.261. The highest BCUT2D eigenvalue weighted by Gasteiger charge is 2.55. The highest BCUT2D eigenvalue weighted by Crippen LogP contribution is 2.46. The number of halogens is 3. The lowest BCUT2D eigenvalue weighted by Gasteiger charge is -2.12. The maximum absolute atomic E-state index is 12.0. The molecule has 2 amide bonds. The van der Waals surface area contributed by atoms with E-state index in [1.165, 1.54) is 12.1 Å². The molecule has 0 radical (unpaired) electrons. The van der Waals surface area contributed by atoms with Gasteiger partial charge in [-0.25, -0.2) is 0 Å². The first-order valence-corrected chi connectivity index (χ1v) is 5.70. The van der Waals surface area contributed by atoms with Gasteiger partial charge in [0, 0.05) is 5.69 Å². The van der Waals surface area contributed by atoms with Gasteiger partial charge >= 0.3 is 6.36 Å². The van der Waals surface area contributed by atoms with Crippen molar-refractivity contribution in [2.75, 3.05) is 5.32 Å². The van der Waals surface area contributed by atoms with E-state index in [0.717, 1.165) is 12.1 Å². The van der Waals surface area contributed by atoms with Crippen LogP contribution in [0.1, 0.15) is 12.8 Å². The molecule has 1 saturated carbocycles. The number of nitrogens with one attached hydrogen (secondary N) is 1. The fourth-order valence-corrected chi connectivity index (χ4v) is 1.70. The first kappa shape index (κ1) is 14.2. The Morgan fingerprint density at radius 3 is 2.15 bits per heavy atom. The molecule has 8 heteroatoms. The van der Waals surface area contributed by atoms with Crippen molar-refractivity contribution in [3.8, 4) is 5.75 Å². The maximum atomic E-state index is 12.0. The molecule has 2 rings (SSSR count). The van der Waals surface area contributed by atoms with E-state index in [-0.39, 0.29) is 5.69 Å². The topological polar surface area (TPSA) is 81.4 Å². The summed E-state index contributed by atoms with van der Waals surface area (Å²) in [6, 6.07) is 4.62. The summed E-state index contributed by atoms with van der Waals surface area (Å²) in [6.07, 6.45) is -4.01. The molecule has 1 aliphatic rings. The molecular formula is C12H11F3N2O3. The average molecular weight is 288 g/mol. The molecule has 0 atom stereocenters. The van der Waals surface area contributed by atoms with Gasteiger partial charge in [0.1, 0.15) is 11.2 Å². The van der Waals surface area contributed by atoms with E-state index in [1.54, 1.807) is 0 Å². The van der Waals surface area contributed by atoms with Crippen molar-refractivity contribution in [1.82, 2.24) is 0 Å². The number of nitrogens with two attached hydrogens (primary N) is 1. The number of alkyl halides is 3. The molecule has 0 spiro atoms. The minimum Gasteiger partial charge on any atom is -0.406 e. The molecule has 0 bridgehead atoms. The summed E-state index contributed by atoms with van der Waals surface area (Å²) in [5.74, 6) is -1.65. The van der Waals surface area contributed by atoms with Crippen molar-refractivity contribution in [1.29, 1.82) is 0 Å². The highest BCUT2D eigenvalue weighted by atomic mass is 19.4. The number of hydrogen-bond acceptors (Lipinski definition) is 3. The Morgan fingerprint density at radius 1 is 1.20 bits per heavy atom. The Morgan fingerprint density at radius 2 is 1.75 bits per heavy atom. The summed E-state index contributed by atoms with van der Waals surface area (Å²) in [5, 5.41) is 2.44. The summed E-state index contributed by atoms with van der Waals surface area (Å²) >= 11 is 0. The molecule has 3 N–H and O–H groups in total. The van der Waals surface area contributed by atoms with Crippen LogP contribution in [0.15, 0.2) is 24.3 Å². The predicted molar refractivity (Wildman–Crippen MR) is 62.6 cm³/mol. The molecule has 1 aliphatic carbocycles. The first-order chi connectivity index (χ1) is 9.23. The zero-order chi connectivity index (χ0) is 15.0. The number of anilines is 1. The van der Waals surface area contributed by atoms with Gasteiger partial charge in [-0.3, -0.25) is 9.59 Å². The van der Waals surface area contributed by atoms with Gasteiger partial charge in [0.2, 0.25) is 11.8 Å².